The maximum atomic E-state index is 15.3. The molecule has 3 aliphatic rings. The number of benzene rings is 4. The van der Waals surface area contributed by atoms with Crippen LogP contribution in [0.25, 0.3) is 10.8 Å². The van der Waals surface area contributed by atoms with Gasteiger partial charge < -0.3 is 34.4 Å². The number of unbranched alkanes of at least 4 members (excludes halogenated alkanes) is 11. The van der Waals surface area contributed by atoms with Crippen LogP contribution in [-0.4, -0.2) is 75.2 Å². The Labute approximate surface area is 419 Å². The summed E-state index contributed by atoms with van der Waals surface area (Å²) in [5, 5.41) is 49.6. The van der Waals surface area contributed by atoms with Crippen molar-refractivity contribution in [3.63, 3.8) is 0 Å². The molecule has 4 aromatic carbocycles. The lowest BCUT2D eigenvalue weighted by molar-refractivity contribution is -0.384. The van der Waals surface area contributed by atoms with Crippen molar-refractivity contribution in [2.45, 2.75) is 147 Å². The number of hydrogen-bond acceptors (Lipinski definition) is 11. The van der Waals surface area contributed by atoms with E-state index in [1.807, 2.05) is 24.3 Å². The topological polar surface area (TPSA) is 173 Å². The van der Waals surface area contributed by atoms with E-state index in [9.17, 15) is 25.4 Å². The number of carbonyl (C=O) groups excluding carboxylic acids is 1. The number of non-ortho nitro benzene ring substituents is 1. The third-order valence-electron chi connectivity index (χ3n) is 14.8. The third kappa shape index (κ3) is 13.2. The molecule has 7 rings (SSSR count). The summed E-state index contributed by atoms with van der Waals surface area (Å²) in [5.41, 5.74) is 3.85. The number of nitrogens with zero attached hydrogens (tertiary/aromatic N) is 3. The minimum absolute atomic E-state index is 0.00359. The molecule has 1 fully saturated rings. The quantitative estimate of drug-likeness (QED) is 0.0206. The zero-order chi connectivity index (χ0) is 50.0. The fourth-order valence-corrected chi connectivity index (χ4v) is 11.3. The standard InChI is InChI=1S/C58H75N3O10/c1-3-5-6-7-8-9-10-11-12-19-36-68-57(65)60(40-45-24-20-23-43-21-13-14-25-48(43)45)54-39-52(59-70-41-42-27-29-46(30-28-42)61(66)67)50-37-44(22-15-17-33-62)49(26-16-18-34-63)55-51-38-47(64)31-32-53(51)71-58(54,56(50)55)69-35-4-2/h4,13-14,20-21,23-25,27-32,37-38,44,49,54-56,62-64H,2-3,5-12,15-19,22,26,33-36,39-41H2,1H3. The van der Waals surface area contributed by atoms with Crippen LogP contribution >= 0.6 is 0 Å². The first kappa shape index (κ1) is 53.0. The van der Waals surface area contributed by atoms with Crippen LogP contribution in [0, 0.1) is 27.9 Å². The lowest BCUT2D eigenvalue weighted by Gasteiger charge is -2.59. The van der Waals surface area contributed by atoms with Crippen molar-refractivity contribution in [1.29, 1.82) is 0 Å². The molecule has 13 nitrogen and oxygen atoms in total. The second-order valence-corrected chi connectivity index (χ2v) is 19.6. The first-order chi connectivity index (χ1) is 34.7. The zero-order valence-electron chi connectivity index (χ0n) is 41.6. The molecule has 0 spiro atoms. The normalized spacial score (nSPS) is 21.7. The Balaban J connectivity index is 1.34. The van der Waals surface area contributed by atoms with Gasteiger partial charge in [-0.25, -0.2) is 4.79 Å². The summed E-state index contributed by atoms with van der Waals surface area (Å²) in [6.45, 7) is 6.95. The summed E-state index contributed by atoms with van der Waals surface area (Å²) in [4.78, 5) is 34.3. The van der Waals surface area contributed by atoms with E-state index in [-0.39, 0.29) is 75.2 Å². The van der Waals surface area contributed by atoms with E-state index in [0.29, 0.717) is 29.9 Å². The molecular formula is C58H75N3O10. The van der Waals surface area contributed by atoms with Gasteiger partial charge >= 0.3 is 6.09 Å². The summed E-state index contributed by atoms with van der Waals surface area (Å²) in [7, 11) is 0. The van der Waals surface area contributed by atoms with E-state index in [0.717, 1.165) is 78.8 Å². The van der Waals surface area contributed by atoms with E-state index < -0.39 is 28.8 Å². The molecular weight excluding hydrogens is 899 g/mol. The average Bonchev–Trinajstić information content (AvgIpc) is 3.38. The van der Waals surface area contributed by atoms with E-state index in [2.05, 4.69) is 37.8 Å². The van der Waals surface area contributed by atoms with Crippen molar-refractivity contribution in [2.75, 3.05) is 26.4 Å². The molecule has 6 atom stereocenters. The first-order valence-corrected chi connectivity index (χ1v) is 26.3. The third-order valence-corrected chi connectivity index (χ3v) is 14.8. The fraction of sp³-hybridized carbons (Fsp3) is 0.517. The molecule has 1 aliphatic heterocycles. The van der Waals surface area contributed by atoms with E-state index in [1.165, 1.54) is 50.7 Å². The lowest BCUT2D eigenvalue weighted by Crippen LogP contribution is -2.70. The van der Waals surface area contributed by atoms with Crippen LogP contribution in [0.5, 0.6) is 11.5 Å². The number of fused-ring (bicyclic) bond motifs is 3. The second kappa shape index (κ2) is 26.6. The van der Waals surface area contributed by atoms with Gasteiger partial charge in [-0.2, -0.15) is 0 Å². The molecule has 0 aromatic heterocycles. The smallest absolute Gasteiger partial charge is 0.410 e. The van der Waals surface area contributed by atoms with Gasteiger partial charge in [0.2, 0.25) is 5.79 Å². The van der Waals surface area contributed by atoms with Crippen LogP contribution in [-0.2, 0) is 27.5 Å². The Hall–Kier alpha value is -5.76. The lowest BCUT2D eigenvalue weighted by atomic mass is 9.55. The van der Waals surface area contributed by atoms with Crippen molar-refractivity contribution in [3.05, 3.63) is 136 Å². The van der Waals surface area contributed by atoms with Crippen LogP contribution < -0.4 is 4.74 Å². The van der Waals surface area contributed by atoms with Crippen molar-refractivity contribution >= 4 is 28.3 Å². The summed E-state index contributed by atoms with van der Waals surface area (Å²) in [5.74, 6) is -1.84. The second-order valence-electron chi connectivity index (χ2n) is 19.6. The molecule has 71 heavy (non-hydrogen) atoms. The first-order valence-electron chi connectivity index (χ1n) is 26.3. The van der Waals surface area contributed by atoms with E-state index >= 15 is 4.79 Å². The highest BCUT2D eigenvalue weighted by Crippen LogP contribution is 2.62. The number of oxime groups is 1. The highest BCUT2D eigenvalue weighted by molar-refractivity contribution is 6.03. The minimum Gasteiger partial charge on any atom is -0.508 e. The van der Waals surface area contributed by atoms with E-state index in [4.69, 9.17) is 24.2 Å². The fourth-order valence-electron chi connectivity index (χ4n) is 11.3. The van der Waals surface area contributed by atoms with Crippen molar-refractivity contribution in [3.8, 4) is 11.5 Å². The van der Waals surface area contributed by atoms with Gasteiger partial charge in [-0.1, -0.05) is 137 Å². The van der Waals surface area contributed by atoms with Gasteiger partial charge in [-0.3, -0.25) is 15.0 Å². The number of hydrogen-bond donors (Lipinski definition) is 3. The predicted molar refractivity (Wildman–Crippen MR) is 277 cm³/mol. The Bertz CT molecular complexity index is 2420. The molecule has 13 heteroatoms. The number of nitro benzene ring substituents is 1. The van der Waals surface area contributed by atoms with Crippen LogP contribution in [0.4, 0.5) is 10.5 Å². The Morgan fingerprint density at radius 3 is 2.31 bits per heavy atom. The Kier molecular flexibility index (Phi) is 19.9. The maximum absolute atomic E-state index is 15.3. The highest BCUT2D eigenvalue weighted by atomic mass is 16.7. The summed E-state index contributed by atoms with van der Waals surface area (Å²) >= 11 is 0. The van der Waals surface area contributed by atoms with Gasteiger partial charge in [0.1, 0.15) is 24.1 Å². The van der Waals surface area contributed by atoms with Gasteiger partial charge in [0.25, 0.3) is 5.69 Å². The number of rotatable bonds is 29. The molecule has 1 amide bonds. The summed E-state index contributed by atoms with van der Waals surface area (Å²) in [6.07, 6.45) is 19.4. The van der Waals surface area contributed by atoms with Crippen molar-refractivity contribution in [1.82, 2.24) is 4.90 Å². The van der Waals surface area contributed by atoms with Crippen molar-refractivity contribution < 1.29 is 44.1 Å². The largest absolute Gasteiger partial charge is 0.508 e. The number of aliphatic hydroxyl groups is 2. The Morgan fingerprint density at radius 1 is 0.887 bits per heavy atom. The molecule has 3 N–H and O–H groups in total. The number of amides is 1. The van der Waals surface area contributed by atoms with Crippen molar-refractivity contribution in [2.24, 2.45) is 22.9 Å². The molecule has 6 unspecified atom stereocenters. The molecule has 2 aliphatic carbocycles. The SMILES string of the molecule is C=CCOC12Oc3ccc(O)cc3C3C(CCCCO)C(CCCCO)C=C(C(=NOCc4ccc([N+](=O)[O-])cc4)CC1N(Cc1cccc4ccccc14)C(=O)OCCCCCCCCCCCC)C32. The van der Waals surface area contributed by atoms with E-state index in [1.54, 1.807) is 41.3 Å². The van der Waals surface area contributed by atoms with Gasteiger partial charge in [0.05, 0.1) is 36.3 Å². The number of carbonyl (C=O) groups is 1. The number of phenolic OH excluding ortho intramolecular Hbond substituents is 1. The number of aliphatic hydroxyl groups excluding tert-OH is 2. The number of phenols is 1. The average molecular weight is 974 g/mol. The van der Waals surface area contributed by atoms with Crippen LogP contribution in [0.3, 0.4) is 0 Å². The maximum Gasteiger partial charge on any atom is 0.410 e. The predicted octanol–water partition coefficient (Wildman–Crippen LogP) is 12.8. The molecule has 1 heterocycles. The minimum atomic E-state index is -1.53. The number of nitro groups is 1. The van der Waals surface area contributed by atoms with Crippen LogP contribution in [0.1, 0.15) is 139 Å². The number of aromatic hydroxyl groups is 1. The van der Waals surface area contributed by atoms with Crippen LogP contribution in [0.15, 0.2) is 114 Å². The molecule has 4 aromatic rings. The monoisotopic (exact) mass is 974 g/mol. The zero-order valence-corrected chi connectivity index (χ0v) is 41.6. The number of ether oxygens (including phenoxy) is 3. The van der Waals surface area contributed by atoms with Gasteiger partial charge in [0, 0.05) is 43.2 Å². The van der Waals surface area contributed by atoms with Crippen LogP contribution in [0.2, 0.25) is 0 Å². The molecule has 0 radical (unpaired) electrons. The molecule has 382 valence electrons. The number of allylic oxidation sites excluding steroid dienone is 1. The van der Waals surface area contributed by atoms with Gasteiger partial charge in [-0.05, 0) is 102 Å². The summed E-state index contributed by atoms with van der Waals surface area (Å²) in [6, 6.07) is 24.7. The molecule has 0 saturated heterocycles. The molecule has 1 saturated carbocycles. The highest BCUT2D eigenvalue weighted by Gasteiger charge is 2.65. The summed E-state index contributed by atoms with van der Waals surface area (Å²) < 4.78 is 20.9. The Morgan fingerprint density at radius 2 is 1.59 bits per heavy atom. The van der Waals surface area contributed by atoms with Gasteiger partial charge in [0.15, 0.2) is 0 Å². The molecule has 0 bridgehead atoms. The van der Waals surface area contributed by atoms with Gasteiger partial charge in [-0.15, -0.1) is 6.58 Å².